The van der Waals surface area contributed by atoms with E-state index in [0.29, 0.717) is 0 Å². The van der Waals surface area contributed by atoms with Gasteiger partial charge >= 0.3 is 0 Å². The molecule has 0 bridgehead atoms. The number of hydrogen-bond donors (Lipinski definition) is 2. The molecule has 3 N–H and O–H groups in total. The van der Waals surface area contributed by atoms with E-state index >= 15 is 0 Å². The van der Waals surface area contributed by atoms with Gasteiger partial charge in [0.1, 0.15) is 0 Å². The van der Waals surface area contributed by atoms with Gasteiger partial charge in [-0.15, -0.1) is 11.3 Å². The number of aliphatic hydroxyl groups excluding tert-OH is 1. The number of nitrogens with two attached hydrogens (primary N) is 1. The molecular formula is C8H11NO2S. The fourth-order valence-corrected chi connectivity index (χ4v) is 1.68. The van der Waals surface area contributed by atoms with E-state index in [9.17, 15) is 9.90 Å². The predicted octanol–water partition coefficient (Wildman–Crippen LogP) is 0.903. The average molecular weight is 185 g/mol. The van der Waals surface area contributed by atoms with Gasteiger partial charge in [0, 0.05) is 4.88 Å². The second-order valence-corrected chi connectivity index (χ2v) is 3.63. The third kappa shape index (κ3) is 1.84. The molecule has 1 amide bonds. The molecule has 1 rings (SSSR count). The molecule has 0 spiro atoms. The van der Waals surface area contributed by atoms with Crippen molar-refractivity contribution in [1.82, 2.24) is 0 Å². The Bertz CT molecular complexity index is 258. The SMILES string of the molecule is C[C@H](C(N)=O)C(O)c1cccs1. The van der Waals surface area contributed by atoms with Gasteiger partial charge in [-0.2, -0.15) is 0 Å². The van der Waals surface area contributed by atoms with Gasteiger partial charge in [0.15, 0.2) is 0 Å². The van der Waals surface area contributed by atoms with Gasteiger partial charge in [0.25, 0.3) is 0 Å². The highest BCUT2D eigenvalue weighted by atomic mass is 32.1. The van der Waals surface area contributed by atoms with Crippen molar-refractivity contribution in [3.63, 3.8) is 0 Å². The van der Waals surface area contributed by atoms with Crippen LogP contribution in [0.15, 0.2) is 17.5 Å². The van der Waals surface area contributed by atoms with Crippen LogP contribution >= 0.6 is 11.3 Å². The molecule has 0 saturated heterocycles. The first-order valence-electron chi connectivity index (χ1n) is 3.63. The highest BCUT2D eigenvalue weighted by molar-refractivity contribution is 7.10. The zero-order chi connectivity index (χ0) is 9.14. The van der Waals surface area contributed by atoms with Crippen LogP contribution in [0.3, 0.4) is 0 Å². The molecule has 0 aliphatic carbocycles. The fourth-order valence-electron chi connectivity index (χ4n) is 0.862. The molecule has 0 fully saturated rings. The Morgan fingerprint density at radius 3 is 2.83 bits per heavy atom. The Kier molecular flexibility index (Phi) is 2.83. The normalized spacial score (nSPS) is 15.5. The van der Waals surface area contributed by atoms with Gasteiger partial charge in [-0.25, -0.2) is 0 Å². The lowest BCUT2D eigenvalue weighted by atomic mass is 10.0. The Morgan fingerprint density at radius 1 is 1.75 bits per heavy atom. The van der Waals surface area contributed by atoms with Crippen LogP contribution in [0.2, 0.25) is 0 Å². The number of hydrogen-bond acceptors (Lipinski definition) is 3. The quantitative estimate of drug-likeness (QED) is 0.735. The Labute approximate surface area is 74.8 Å². The number of carbonyl (C=O) groups excluding carboxylic acids is 1. The van der Waals surface area contributed by atoms with Crippen LogP contribution in [0.5, 0.6) is 0 Å². The van der Waals surface area contributed by atoms with Gasteiger partial charge in [-0.3, -0.25) is 4.79 Å². The molecule has 2 atom stereocenters. The van der Waals surface area contributed by atoms with Gasteiger partial charge in [-0.1, -0.05) is 13.0 Å². The maximum absolute atomic E-state index is 10.7. The molecular weight excluding hydrogens is 174 g/mol. The van der Waals surface area contributed by atoms with Crippen molar-refractivity contribution in [1.29, 1.82) is 0 Å². The van der Waals surface area contributed by atoms with E-state index in [1.54, 1.807) is 13.0 Å². The van der Waals surface area contributed by atoms with Gasteiger partial charge in [0.05, 0.1) is 12.0 Å². The lowest BCUT2D eigenvalue weighted by Gasteiger charge is -2.13. The van der Waals surface area contributed by atoms with E-state index in [2.05, 4.69) is 0 Å². The largest absolute Gasteiger partial charge is 0.387 e. The van der Waals surface area contributed by atoms with Crippen molar-refractivity contribution in [2.45, 2.75) is 13.0 Å². The van der Waals surface area contributed by atoms with Crippen LogP contribution in [0.4, 0.5) is 0 Å². The summed E-state index contributed by atoms with van der Waals surface area (Å²) in [6, 6.07) is 3.62. The van der Waals surface area contributed by atoms with Crippen molar-refractivity contribution in [2.75, 3.05) is 0 Å². The monoisotopic (exact) mass is 185 g/mol. The number of aliphatic hydroxyl groups is 1. The van der Waals surface area contributed by atoms with Gasteiger partial charge < -0.3 is 10.8 Å². The van der Waals surface area contributed by atoms with E-state index in [1.165, 1.54) is 11.3 Å². The Balaban J connectivity index is 2.71. The van der Waals surface area contributed by atoms with E-state index in [-0.39, 0.29) is 0 Å². The highest BCUT2D eigenvalue weighted by Gasteiger charge is 2.21. The van der Waals surface area contributed by atoms with Crippen LogP contribution in [0.1, 0.15) is 17.9 Å². The number of rotatable bonds is 3. The molecule has 0 radical (unpaired) electrons. The summed E-state index contributed by atoms with van der Waals surface area (Å²) in [5.74, 6) is -1.00. The molecule has 12 heavy (non-hydrogen) atoms. The molecule has 1 heterocycles. The minimum absolute atomic E-state index is 0.476. The van der Waals surface area contributed by atoms with Gasteiger partial charge in [-0.05, 0) is 11.4 Å². The summed E-state index contributed by atoms with van der Waals surface area (Å²) in [4.78, 5) is 11.5. The van der Waals surface area contributed by atoms with Crippen LogP contribution < -0.4 is 5.73 Å². The van der Waals surface area contributed by atoms with E-state index < -0.39 is 17.9 Å². The molecule has 1 unspecified atom stereocenters. The van der Waals surface area contributed by atoms with Crippen molar-refractivity contribution in [3.8, 4) is 0 Å². The molecule has 1 aromatic rings. The second kappa shape index (κ2) is 3.69. The molecule has 0 aliphatic rings. The van der Waals surface area contributed by atoms with Crippen molar-refractivity contribution < 1.29 is 9.90 Å². The summed E-state index contributed by atoms with van der Waals surface area (Å²) in [5.41, 5.74) is 5.05. The van der Waals surface area contributed by atoms with Crippen LogP contribution in [-0.2, 0) is 4.79 Å². The lowest BCUT2D eigenvalue weighted by molar-refractivity contribution is -0.124. The maximum atomic E-state index is 10.7. The molecule has 66 valence electrons. The molecule has 3 nitrogen and oxygen atoms in total. The number of primary amides is 1. The first kappa shape index (κ1) is 9.22. The summed E-state index contributed by atoms with van der Waals surface area (Å²) < 4.78 is 0. The zero-order valence-corrected chi connectivity index (χ0v) is 7.54. The summed E-state index contributed by atoms with van der Waals surface area (Å²) >= 11 is 1.42. The third-order valence-electron chi connectivity index (χ3n) is 1.76. The van der Waals surface area contributed by atoms with Crippen LogP contribution in [0.25, 0.3) is 0 Å². The van der Waals surface area contributed by atoms with E-state index in [0.717, 1.165) is 4.88 Å². The summed E-state index contributed by atoms with van der Waals surface area (Å²) in [6.45, 7) is 1.62. The van der Waals surface area contributed by atoms with Crippen LogP contribution in [0, 0.1) is 5.92 Å². The lowest BCUT2D eigenvalue weighted by Crippen LogP contribution is -2.25. The number of amides is 1. The Morgan fingerprint density at radius 2 is 2.42 bits per heavy atom. The fraction of sp³-hybridized carbons (Fsp3) is 0.375. The third-order valence-corrected chi connectivity index (χ3v) is 2.70. The predicted molar refractivity (Wildman–Crippen MR) is 47.6 cm³/mol. The molecule has 0 saturated carbocycles. The first-order chi connectivity index (χ1) is 5.63. The average Bonchev–Trinajstić information content (AvgIpc) is 2.53. The summed E-state index contributed by atoms with van der Waals surface area (Å²) in [5, 5.41) is 11.4. The Hall–Kier alpha value is -0.870. The minimum Gasteiger partial charge on any atom is -0.387 e. The van der Waals surface area contributed by atoms with E-state index in [4.69, 9.17) is 5.73 Å². The van der Waals surface area contributed by atoms with Gasteiger partial charge in [0.2, 0.25) is 5.91 Å². The topological polar surface area (TPSA) is 63.3 Å². The smallest absolute Gasteiger partial charge is 0.223 e. The van der Waals surface area contributed by atoms with E-state index in [1.807, 2.05) is 11.4 Å². The molecule has 0 aliphatic heterocycles. The summed E-state index contributed by atoms with van der Waals surface area (Å²) in [7, 11) is 0. The molecule has 4 heteroatoms. The van der Waals surface area contributed by atoms with Crippen molar-refractivity contribution in [2.24, 2.45) is 11.7 Å². The molecule has 1 aromatic heterocycles. The number of thiophene rings is 1. The standard InChI is InChI=1S/C8H11NO2S/c1-5(8(9)11)7(10)6-3-2-4-12-6/h2-5,7,10H,1H3,(H2,9,11)/t5-,7?/m0/s1. The second-order valence-electron chi connectivity index (χ2n) is 2.65. The maximum Gasteiger partial charge on any atom is 0.223 e. The summed E-state index contributed by atoms with van der Waals surface area (Å²) in [6.07, 6.45) is -0.762. The number of carbonyl (C=O) groups is 1. The zero-order valence-electron chi connectivity index (χ0n) is 6.73. The highest BCUT2D eigenvalue weighted by Crippen LogP contribution is 2.25. The van der Waals surface area contributed by atoms with Crippen molar-refractivity contribution in [3.05, 3.63) is 22.4 Å². The van der Waals surface area contributed by atoms with Crippen molar-refractivity contribution >= 4 is 17.2 Å². The van der Waals surface area contributed by atoms with Crippen LogP contribution in [-0.4, -0.2) is 11.0 Å². The molecule has 0 aromatic carbocycles. The first-order valence-corrected chi connectivity index (χ1v) is 4.51. The minimum atomic E-state index is -0.762.